The Morgan fingerprint density at radius 2 is 1.90 bits per heavy atom. The maximum Gasteiger partial charge on any atom is 0.243 e. The van der Waals surface area contributed by atoms with E-state index in [2.05, 4.69) is 27.5 Å². The second-order valence-corrected chi connectivity index (χ2v) is 7.79. The summed E-state index contributed by atoms with van der Waals surface area (Å²) in [5.74, 6) is 0.435. The van der Waals surface area contributed by atoms with Crippen LogP contribution in [0.25, 0.3) is 0 Å². The first kappa shape index (κ1) is 20.4. The highest BCUT2D eigenvalue weighted by Gasteiger charge is 2.35. The fourth-order valence-corrected chi connectivity index (χ4v) is 3.87. The Bertz CT molecular complexity index is 824. The summed E-state index contributed by atoms with van der Waals surface area (Å²) in [4.78, 5) is 43.8. The first-order chi connectivity index (χ1) is 14.5. The number of amides is 3. The number of benzene rings is 1. The van der Waals surface area contributed by atoms with Gasteiger partial charge < -0.3 is 29.9 Å². The van der Waals surface area contributed by atoms with Crippen molar-refractivity contribution in [1.82, 2.24) is 20.0 Å². The molecule has 1 aromatic rings. The van der Waals surface area contributed by atoms with Crippen LogP contribution in [-0.4, -0.2) is 98.1 Å². The summed E-state index contributed by atoms with van der Waals surface area (Å²) in [5.41, 5.74) is 0.552. The Balaban J connectivity index is 1.36. The molecule has 2 saturated heterocycles. The maximum absolute atomic E-state index is 12.9. The fraction of sp³-hybridized carbons (Fsp3) is 0.550. The van der Waals surface area contributed by atoms with Crippen LogP contribution in [0.3, 0.4) is 0 Å². The van der Waals surface area contributed by atoms with E-state index in [4.69, 9.17) is 9.47 Å². The Labute approximate surface area is 175 Å². The van der Waals surface area contributed by atoms with Gasteiger partial charge in [0.05, 0.1) is 13.0 Å². The molecule has 0 aromatic heterocycles. The molecule has 10 heteroatoms. The number of rotatable bonds is 5. The Hall–Kier alpha value is -2.85. The predicted molar refractivity (Wildman–Crippen MR) is 108 cm³/mol. The molecule has 0 unspecified atom stereocenters. The van der Waals surface area contributed by atoms with Crippen molar-refractivity contribution < 1.29 is 23.9 Å². The first-order valence-electron chi connectivity index (χ1n) is 10.2. The number of carbonyl (C=O) groups excluding carboxylic acids is 3. The molecule has 3 amide bonds. The highest BCUT2D eigenvalue weighted by Crippen LogP contribution is 2.34. The molecule has 1 atom stereocenters. The maximum atomic E-state index is 12.9. The predicted octanol–water partition coefficient (Wildman–Crippen LogP) is -0.682. The lowest BCUT2D eigenvalue weighted by molar-refractivity contribution is -0.145. The van der Waals surface area contributed by atoms with Gasteiger partial charge in [-0.1, -0.05) is 0 Å². The molecular formula is C20H27N5O5. The summed E-state index contributed by atoms with van der Waals surface area (Å²) in [6.07, 6.45) is -0.102. The van der Waals surface area contributed by atoms with E-state index in [1.807, 2.05) is 0 Å². The molecule has 0 aliphatic carbocycles. The fourth-order valence-electron chi connectivity index (χ4n) is 3.87. The van der Waals surface area contributed by atoms with Crippen LogP contribution in [-0.2, 0) is 14.4 Å². The van der Waals surface area contributed by atoms with Crippen molar-refractivity contribution >= 4 is 23.4 Å². The monoisotopic (exact) mass is 417 g/mol. The number of fused-ring (bicyclic) bond motifs is 1. The lowest BCUT2D eigenvalue weighted by Gasteiger charge is -2.37. The molecule has 0 bridgehead atoms. The van der Waals surface area contributed by atoms with Gasteiger partial charge in [0.1, 0.15) is 6.04 Å². The second kappa shape index (κ2) is 8.88. The van der Waals surface area contributed by atoms with Crippen molar-refractivity contribution in [3.8, 4) is 11.5 Å². The standard InChI is InChI=1S/C20H27N5O5/c1-23-6-8-24(9-7-23)12-19(27)25-5-4-21-20(28)15(25)11-18(26)22-14-2-3-16-17(10-14)30-13-29-16/h2-3,10,15H,4-9,11-13H2,1H3,(H,21,28)(H,22,26)/t15-/m1/s1. The van der Waals surface area contributed by atoms with Crippen LogP contribution in [0.15, 0.2) is 18.2 Å². The third kappa shape index (κ3) is 4.65. The van der Waals surface area contributed by atoms with Crippen LogP contribution in [0, 0.1) is 0 Å². The van der Waals surface area contributed by atoms with E-state index >= 15 is 0 Å². The van der Waals surface area contributed by atoms with Gasteiger partial charge >= 0.3 is 0 Å². The zero-order chi connectivity index (χ0) is 21.1. The third-order valence-corrected chi connectivity index (χ3v) is 5.64. The molecule has 2 fully saturated rings. The van der Waals surface area contributed by atoms with Gasteiger partial charge in [-0.05, 0) is 19.2 Å². The van der Waals surface area contributed by atoms with Crippen LogP contribution >= 0.6 is 0 Å². The number of ether oxygens (including phenoxy) is 2. The van der Waals surface area contributed by atoms with Gasteiger partial charge in [-0.15, -0.1) is 0 Å². The van der Waals surface area contributed by atoms with Gasteiger partial charge in [-0.2, -0.15) is 0 Å². The summed E-state index contributed by atoms with van der Waals surface area (Å²) in [6, 6.07) is 4.30. The molecule has 0 saturated carbocycles. The average molecular weight is 417 g/mol. The van der Waals surface area contributed by atoms with Crippen molar-refractivity contribution in [2.45, 2.75) is 12.5 Å². The Kier molecular flexibility index (Phi) is 6.05. The van der Waals surface area contributed by atoms with Gasteiger partial charge in [0.25, 0.3) is 0 Å². The van der Waals surface area contributed by atoms with Gasteiger partial charge in [0.15, 0.2) is 11.5 Å². The molecule has 162 valence electrons. The van der Waals surface area contributed by atoms with Crippen LogP contribution in [0.1, 0.15) is 6.42 Å². The van der Waals surface area contributed by atoms with Crippen LogP contribution in [0.5, 0.6) is 11.5 Å². The Morgan fingerprint density at radius 1 is 1.13 bits per heavy atom. The van der Waals surface area contributed by atoms with E-state index < -0.39 is 6.04 Å². The molecule has 3 heterocycles. The summed E-state index contributed by atoms with van der Waals surface area (Å²) in [7, 11) is 2.06. The molecule has 0 spiro atoms. The van der Waals surface area contributed by atoms with Gasteiger partial charge in [0, 0.05) is 51.0 Å². The second-order valence-electron chi connectivity index (χ2n) is 7.79. The summed E-state index contributed by atoms with van der Waals surface area (Å²) in [6.45, 7) is 4.67. The number of hydrogen-bond donors (Lipinski definition) is 2. The summed E-state index contributed by atoms with van der Waals surface area (Å²) < 4.78 is 10.6. The van der Waals surface area contributed by atoms with E-state index in [1.165, 1.54) is 4.90 Å². The van der Waals surface area contributed by atoms with E-state index in [0.717, 1.165) is 26.2 Å². The smallest absolute Gasteiger partial charge is 0.243 e. The van der Waals surface area contributed by atoms with Crippen molar-refractivity contribution in [2.75, 3.05) is 65.0 Å². The van der Waals surface area contributed by atoms with Crippen molar-refractivity contribution in [1.29, 1.82) is 0 Å². The topological polar surface area (TPSA) is 103 Å². The SMILES string of the molecule is CN1CCN(CC(=O)N2CCNC(=O)[C@H]2CC(=O)Nc2ccc3c(c2)OCO3)CC1. The highest BCUT2D eigenvalue weighted by molar-refractivity contribution is 5.97. The lowest BCUT2D eigenvalue weighted by atomic mass is 10.1. The number of hydrogen-bond acceptors (Lipinski definition) is 7. The van der Waals surface area contributed by atoms with Crippen molar-refractivity contribution in [2.24, 2.45) is 0 Å². The summed E-state index contributed by atoms with van der Waals surface area (Å²) >= 11 is 0. The normalized spacial score (nSPS) is 22.0. The Morgan fingerprint density at radius 3 is 2.70 bits per heavy atom. The molecule has 4 rings (SSSR count). The third-order valence-electron chi connectivity index (χ3n) is 5.64. The van der Waals surface area contributed by atoms with Gasteiger partial charge in [-0.3, -0.25) is 19.3 Å². The minimum absolute atomic E-state index is 0.102. The number of carbonyl (C=O) groups is 3. The van der Waals surface area contributed by atoms with Crippen LogP contribution in [0.2, 0.25) is 0 Å². The van der Waals surface area contributed by atoms with Crippen molar-refractivity contribution in [3.05, 3.63) is 18.2 Å². The average Bonchev–Trinajstić information content (AvgIpc) is 3.19. The molecule has 3 aliphatic rings. The number of anilines is 1. The quantitative estimate of drug-likeness (QED) is 0.654. The van der Waals surface area contributed by atoms with E-state index in [-0.39, 0.29) is 37.5 Å². The molecule has 0 radical (unpaired) electrons. The minimum atomic E-state index is -0.812. The zero-order valence-electron chi connectivity index (χ0n) is 17.1. The molecule has 3 aliphatic heterocycles. The highest BCUT2D eigenvalue weighted by atomic mass is 16.7. The zero-order valence-corrected chi connectivity index (χ0v) is 17.1. The van der Waals surface area contributed by atoms with Crippen LogP contribution in [0.4, 0.5) is 5.69 Å². The van der Waals surface area contributed by atoms with Crippen molar-refractivity contribution in [3.63, 3.8) is 0 Å². The number of likely N-dealkylation sites (N-methyl/N-ethyl adjacent to an activating group) is 1. The van der Waals surface area contributed by atoms with Gasteiger partial charge in [-0.25, -0.2) is 0 Å². The molecule has 2 N–H and O–H groups in total. The molecule has 1 aromatic carbocycles. The lowest BCUT2D eigenvalue weighted by Crippen LogP contribution is -2.60. The number of nitrogens with one attached hydrogen (secondary N) is 2. The van der Waals surface area contributed by atoms with E-state index in [1.54, 1.807) is 18.2 Å². The number of piperazine rings is 2. The van der Waals surface area contributed by atoms with E-state index in [0.29, 0.717) is 30.3 Å². The van der Waals surface area contributed by atoms with E-state index in [9.17, 15) is 14.4 Å². The van der Waals surface area contributed by atoms with Crippen LogP contribution < -0.4 is 20.1 Å². The molecule has 30 heavy (non-hydrogen) atoms. The molecule has 10 nitrogen and oxygen atoms in total. The number of nitrogens with zero attached hydrogens (tertiary/aromatic N) is 3. The molecular weight excluding hydrogens is 390 g/mol. The summed E-state index contributed by atoms with van der Waals surface area (Å²) in [5, 5.41) is 5.54. The largest absolute Gasteiger partial charge is 0.454 e. The first-order valence-corrected chi connectivity index (χ1v) is 10.2. The van der Waals surface area contributed by atoms with Gasteiger partial charge in [0.2, 0.25) is 24.5 Å². The minimum Gasteiger partial charge on any atom is -0.454 e.